The molecular formula is C26H34N4O3. The maximum atomic E-state index is 13.3. The van der Waals surface area contributed by atoms with E-state index in [1.807, 2.05) is 44.2 Å². The molecule has 1 aliphatic carbocycles. The summed E-state index contributed by atoms with van der Waals surface area (Å²) in [5.41, 5.74) is 0.531. The number of nitrogens with one attached hydrogen (secondary N) is 1. The predicted octanol–water partition coefficient (Wildman–Crippen LogP) is 3.06. The Kier molecular flexibility index (Phi) is 7.28. The molecule has 2 aromatic rings. The van der Waals surface area contributed by atoms with Crippen LogP contribution in [0.3, 0.4) is 0 Å². The van der Waals surface area contributed by atoms with Gasteiger partial charge in [0.1, 0.15) is 11.1 Å². The quantitative estimate of drug-likeness (QED) is 0.734. The van der Waals surface area contributed by atoms with Gasteiger partial charge in [0, 0.05) is 57.2 Å². The molecule has 1 aromatic carbocycles. The van der Waals surface area contributed by atoms with E-state index in [1.54, 1.807) is 21.9 Å². The molecule has 0 spiro atoms. The minimum atomic E-state index is -0.499. The molecule has 176 valence electrons. The van der Waals surface area contributed by atoms with Gasteiger partial charge in [-0.15, -0.1) is 0 Å². The van der Waals surface area contributed by atoms with Gasteiger partial charge in [-0.1, -0.05) is 43.2 Å². The second-order valence-corrected chi connectivity index (χ2v) is 9.39. The Morgan fingerprint density at radius 3 is 2.24 bits per heavy atom. The van der Waals surface area contributed by atoms with Crippen molar-refractivity contribution in [1.29, 1.82) is 0 Å². The summed E-state index contributed by atoms with van der Waals surface area (Å²) in [6, 6.07) is 10.2. The third-order valence-electron chi connectivity index (χ3n) is 6.86. The fourth-order valence-corrected chi connectivity index (χ4v) is 4.81. The van der Waals surface area contributed by atoms with Gasteiger partial charge in [-0.05, 0) is 32.3 Å². The van der Waals surface area contributed by atoms with Gasteiger partial charge in [0.05, 0.1) is 0 Å². The van der Waals surface area contributed by atoms with Crippen molar-refractivity contribution in [3.05, 3.63) is 69.6 Å². The largest absolute Gasteiger partial charge is 0.350 e. The molecule has 0 atom stereocenters. The molecule has 0 unspecified atom stereocenters. The standard InChI is InChI=1S/C26H34N4O3/c1-19(2)30-17-22(25(32)27-16-20-8-4-3-5-9-20)24(31)23(18-30)26(33)29-14-12-28(13-15-29)21-10-6-7-11-21/h3-5,8-9,17-19,21H,6-7,10-16H2,1-2H3,(H,27,32). The Labute approximate surface area is 195 Å². The average Bonchev–Trinajstić information content (AvgIpc) is 3.38. The third kappa shape index (κ3) is 5.36. The molecule has 4 rings (SSSR count). The van der Waals surface area contributed by atoms with E-state index in [9.17, 15) is 14.4 Å². The van der Waals surface area contributed by atoms with Crippen molar-refractivity contribution in [3.8, 4) is 0 Å². The Bertz CT molecular complexity index is 1030. The lowest BCUT2D eigenvalue weighted by molar-refractivity contribution is 0.0571. The number of hydrogen-bond acceptors (Lipinski definition) is 4. The second kappa shape index (κ2) is 10.3. The van der Waals surface area contributed by atoms with Gasteiger partial charge < -0.3 is 14.8 Å². The van der Waals surface area contributed by atoms with Crippen molar-refractivity contribution in [3.63, 3.8) is 0 Å². The zero-order valence-electron chi connectivity index (χ0n) is 19.6. The fraction of sp³-hybridized carbons (Fsp3) is 0.500. The summed E-state index contributed by atoms with van der Waals surface area (Å²) in [6.45, 7) is 7.15. The van der Waals surface area contributed by atoms with Gasteiger partial charge in [0.2, 0.25) is 5.43 Å². The number of benzene rings is 1. The monoisotopic (exact) mass is 450 g/mol. The van der Waals surface area contributed by atoms with E-state index >= 15 is 0 Å². The highest BCUT2D eigenvalue weighted by Crippen LogP contribution is 2.24. The van der Waals surface area contributed by atoms with Crippen LogP contribution in [0, 0.1) is 0 Å². The van der Waals surface area contributed by atoms with Crippen LogP contribution in [0.15, 0.2) is 47.5 Å². The summed E-state index contributed by atoms with van der Waals surface area (Å²) in [5, 5.41) is 2.82. The van der Waals surface area contributed by atoms with E-state index in [1.165, 1.54) is 25.7 Å². The Morgan fingerprint density at radius 2 is 1.61 bits per heavy atom. The molecule has 33 heavy (non-hydrogen) atoms. The molecule has 7 nitrogen and oxygen atoms in total. The van der Waals surface area contributed by atoms with Crippen molar-refractivity contribution in [2.24, 2.45) is 0 Å². The molecule has 0 radical (unpaired) electrons. The van der Waals surface area contributed by atoms with Crippen LogP contribution in [-0.2, 0) is 6.54 Å². The number of hydrogen-bond donors (Lipinski definition) is 1. The summed E-state index contributed by atoms with van der Waals surface area (Å²) >= 11 is 0. The van der Waals surface area contributed by atoms with Crippen LogP contribution >= 0.6 is 0 Å². The molecule has 2 aliphatic rings. The summed E-state index contributed by atoms with van der Waals surface area (Å²) in [4.78, 5) is 43.7. The van der Waals surface area contributed by atoms with Crippen molar-refractivity contribution in [2.75, 3.05) is 26.2 Å². The Morgan fingerprint density at radius 1 is 0.970 bits per heavy atom. The molecule has 1 aromatic heterocycles. The molecule has 1 saturated heterocycles. The third-order valence-corrected chi connectivity index (χ3v) is 6.86. The van der Waals surface area contributed by atoms with Crippen LogP contribution in [-0.4, -0.2) is 58.4 Å². The normalized spacial score (nSPS) is 17.5. The van der Waals surface area contributed by atoms with E-state index in [0.29, 0.717) is 25.7 Å². The number of carbonyl (C=O) groups is 2. The van der Waals surface area contributed by atoms with Gasteiger partial charge in [-0.2, -0.15) is 0 Å². The predicted molar refractivity (Wildman–Crippen MR) is 128 cm³/mol. The number of nitrogens with zero attached hydrogens (tertiary/aromatic N) is 3. The van der Waals surface area contributed by atoms with Crippen LogP contribution in [0.5, 0.6) is 0 Å². The zero-order valence-corrected chi connectivity index (χ0v) is 19.6. The topological polar surface area (TPSA) is 74.6 Å². The van der Waals surface area contributed by atoms with Gasteiger partial charge in [-0.25, -0.2) is 0 Å². The number of pyridine rings is 1. The lowest BCUT2D eigenvalue weighted by atomic mass is 10.1. The van der Waals surface area contributed by atoms with E-state index in [0.717, 1.165) is 18.7 Å². The molecule has 0 bridgehead atoms. The van der Waals surface area contributed by atoms with Crippen LogP contribution in [0.2, 0.25) is 0 Å². The second-order valence-electron chi connectivity index (χ2n) is 9.39. The molecular weight excluding hydrogens is 416 g/mol. The first-order chi connectivity index (χ1) is 15.9. The van der Waals surface area contributed by atoms with Crippen molar-refractivity contribution in [2.45, 2.75) is 58.2 Å². The summed E-state index contributed by atoms with van der Waals surface area (Å²) in [6.07, 6.45) is 8.23. The highest BCUT2D eigenvalue weighted by Gasteiger charge is 2.30. The Hall–Kier alpha value is -2.93. The minimum Gasteiger partial charge on any atom is -0.350 e. The molecule has 7 heteroatoms. The summed E-state index contributed by atoms with van der Waals surface area (Å²) in [7, 11) is 0. The molecule has 1 aliphatic heterocycles. The number of piperazine rings is 1. The smallest absolute Gasteiger partial charge is 0.259 e. The fourth-order valence-electron chi connectivity index (χ4n) is 4.81. The lowest BCUT2D eigenvalue weighted by Gasteiger charge is -2.38. The molecule has 1 saturated carbocycles. The molecule has 2 fully saturated rings. The van der Waals surface area contributed by atoms with E-state index in [4.69, 9.17) is 0 Å². The highest BCUT2D eigenvalue weighted by molar-refractivity contribution is 5.99. The van der Waals surface area contributed by atoms with Crippen LogP contribution < -0.4 is 10.7 Å². The first kappa shape index (κ1) is 23.2. The molecule has 1 N–H and O–H groups in total. The lowest BCUT2D eigenvalue weighted by Crippen LogP contribution is -2.52. The van der Waals surface area contributed by atoms with Gasteiger partial charge >= 0.3 is 0 Å². The van der Waals surface area contributed by atoms with E-state index in [-0.39, 0.29) is 23.1 Å². The van der Waals surface area contributed by atoms with E-state index < -0.39 is 11.3 Å². The SMILES string of the molecule is CC(C)n1cc(C(=O)NCc2ccccc2)c(=O)c(C(=O)N2CCN(C3CCCC3)CC2)c1. The number of amides is 2. The highest BCUT2D eigenvalue weighted by atomic mass is 16.2. The number of aromatic nitrogens is 1. The molecule has 2 amide bonds. The summed E-state index contributed by atoms with van der Waals surface area (Å²) in [5.74, 6) is -0.739. The van der Waals surface area contributed by atoms with Crippen LogP contribution in [0.1, 0.15) is 71.9 Å². The van der Waals surface area contributed by atoms with Crippen molar-refractivity contribution < 1.29 is 9.59 Å². The van der Waals surface area contributed by atoms with Gasteiger partial charge in [0.25, 0.3) is 11.8 Å². The first-order valence-electron chi connectivity index (χ1n) is 12.1. The maximum absolute atomic E-state index is 13.3. The number of carbonyl (C=O) groups excluding carboxylic acids is 2. The van der Waals surface area contributed by atoms with Crippen LogP contribution in [0.4, 0.5) is 0 Å². The van der Waals surface area contributed by atoms with E-state index in [2.05, 4.69) is 10.2 Å². The maximum Gasteiger partial charge on any atom is 0.259 e. The van der Waals surface area contributed by atoms with Gasteiger partial charge in [-0.3, -0.25) is 19.3 Å². The first-order valence-corrected chi connectivity index (χ1v) is 12.1. The zero-order chi connectivity index (χ0) is 23.4. The number of rotatable bonds is 6. The summed E-state index contributed by atoms with van der Waals surface area (Å²) < 4.78 is 1.78. The van der Waals surface area contributed by atoms with Crippen molar-refractivity contribution >= 4 is 11.8 Å². The Balaban J connectivity index is 1.51. The van der Waals surface area contributed by atoms with Gasteiger partial charge in [0.15, 0.2) is 0 Å². The van der Waals surface area contributed by atoms with Crippen LogP contribution in [0.25, 0.3) is 0 Å². The van der Waals surface area contributed by atoms with Crippen molar-refractivity contribution in [1.82, 2.24) is 19.7 Å². The average molecular weight is 451 g/mol. The molecule has 2 heterocycles. The minimum absolute atomic E-state index is 0.00933.